The van der Waals surface area contributed by atoms with Crippen molar-refractivity contribution in [3.63, 3.8) is 0 Å². The number of ether oxygens (including phenoxy) is 1. The molecular weight excluding hydrogens is 226 g/mol. The van der Waals surface area contributed by atoms with E-state index in [4.69, 9.17) is 10.5 Å². The maximum absolute atomic E-state index is 5.72. The average molecular weight is 243 g/mol. The molecule has 0 aliphatic heterocycles. The molecule has 0 spiro atoms. The van der Waals surface area contributed by atoms with Crippen molar-refractivity contribution in [3.05, 3.63) is 35.5 Å². The first-order chi connectivity index (χ1) is 8.63. The predicted molar refractivity (Wildman–Crippen MR) is 72.5 cm³/mol. The first-order valence-corrected chi connectivity index (χ1v) is 5.92. The molecule has 0 fully saturated rings. The highest BCUT2D eigenvalue weighted by molar-refractivity contribution is 5.63. The maximum Gasteiger partial charge on any atom is 0.220 e. The largest absolute Gasteiger partial charge is 0.496 e. The fourth-order valence-electron chi connectivity index (χ4n) is 1.88. The summed E-state index contributed by atoms with van der Waals surface area (Å²) in [6, 6.07) is 7.93. The molecule has 0 saturated heterocycles. The summed E-state index contributed by atoms with van der Waals surface area (Å²) < 4.78 is 5.25. The van der Waals surface area contributed by atoms with E-state index in [-0.39, 0.29) is 0 Å². The SMILES string of the molecule is CCc1cc(-c2ccc(OC)c(C)c2)nc(N)n1. The minimum absolute atomic E-state index is 0.317. The van der Waals surface area contributed by atoms with Gasteiger partial charge < -0.3 is 10.5 Å². The second-order valence-electron chi connectivity index (χ2n) is 4.14. The zero-order valence-corrected chi connectivity index (χ0v) is 10.9. The van der Waals surface area contributed by atoms with E-state index in [0.717, 1.165) is 34.7 Å². The van der Waals surface area contributed by atoms with E-state index in [1.54, 1.807) is 7.11 Å². The Morgan fingerprint density at radius 3 is 2.61 bits per heavy atom. The monoisotopic (exact) mass is 243 g/mol. The fraction of sp³-hybridized carbons (Fsp3) is 0.286. The van der Waals surface area contributed by atoms with Gasteiger partial charge in [-0.15, -0.1) is 0 Å². The van der Waals surface area contributed by atoms with Crippen LogP contribution in [-0.4, -0.2) is 17.1 Å². The van der Waals surface area contributed by atoms with Crippen LogP contribution in [0.1, 0.15) is 18.2 Å². The van der Waals surface area contributed by atoms with Crippen LogP contribution in [0.15, 0.2) is 24.3 Å². The number of nitrogens with two attached hydrogens (primary N) is 1. The Morgan fingerprint density at radius 1 is 1.22 bits per heavy atom. The smallest absolute Gasteiger partial charge is 0.220 e. The van der Waals surface area contributed by atoms with Crippen LogP contribution in [0.25, 0.3) is 11.3 Å². The highest BCUT2D eigenvalue weighted by atomic mass is 16.5. The Kier molecular flexibility index (Phi) is 3.46. The van der Waals surface area contributed by atoms with Crippen LogP contribution < -0.4 is 10.5 Å². The fourth-order valence-corrected chi connectivity index (χ4v) is 1.88. The van der Waals surface area contributed by atoms with Crippen molar-refractivity contribution in [2.24, 2.45) is 0 Å². The van der Waals surface area contributed by atoms with Gasteiger partial charge in [0.15, 0.2) is 0 Å². The van der Waals surface area contributed by atoms with Gasteiger partial charge in [-0.25, -0.2) is 9.97 Å². The number of nitrogen functional groups attached to an aromatic ring is 1. The molecule has 94 valence electrons. The minimum atomic E-state index is 0.317. The lowest BCUT2D eigenvalue weighted by atomic mass is 10.1. The van der Waals surface area contributed by atoms with Crippen molar-refractivity contribution in [1.29, 1.82) is 0 Å². The highest BCUT2D eigenvalue weighted by Crippen LogP contribution is 2.25. The number of hydrogen-bond donors (Lipinski definition) is 1. The number of aryl methyl sites for hydroxylation is 2. The molecule has 1 heterocycles. The molecule has 18 heavy (non-hydrogen) atoms. The van der Waals surface area contributed by atoms with Gasteiger partial charge >= 0.3 is 0 Å². The van der Waals surface area contributed by atoms with Gasteiger partial charge in [-0.3, -0.25) is 0 Å². The van der Waals surface area contributed by atoms with Gasteiger partial charge in [0.05, 0.1) is 12.8 Å². The van der Waals surface area contributed by atoms with Crippen LogP contribution in [-0.2, 0) is 6.42 Å². The van der Waals surface area contributed by atoms with Gasteiger partial charge in [-0.2, -0.15) is 0 Å². The van der Waals surface area contributed by atoms with Gasteiger partial charge in [-0.1, -0.05) is 6.92 Å². The van der Waals surface area contributed by atoms with Crippen molar-refractivity contribution in [3.8, 4) is 17.0 Å². The summed E-state index contributed by atoms with van der Waals surface area (Å²) in [7, 11) is 1.67. The number of rotatable bonds is 3. The van der Waals surface area contributed by atoms with E-state index in [0.29, 0.717) is 5.95 Å². The standard InChI is InChI=1S/C14H17N3O/c1-4-11-8-12(17-14(15)16-11)10-5-6-13(18-3)9(2)7-10/h5-8H,4H2,1-3H3,(H2,15,16,17). The van der Waals surface area contributed by atoms with Crippen molar-refractivity contribution >= 4 is 5.95 Å². The lowest BCUT2D eigenvalue weighted by molar-refractivity contribution is 0.412. The Bertz CT molecular complexity index is 567. The summed E-state index contributed by atoms with van der Waals surface area (Å²) in [4.78, 5) is 8.45. The molecular formula is C14H17N3O. The maximum atomic E-state index is 5.72. The van der Waals surface area contributed by atoms with Crippen molar-refractivity contribution in [1.82, 2.24) is 9.97 Å². The van der Waals surface area contributed by atoms with Crippen molar-refractivity contribution in [2.75, 3.05) is 12.8 Å². The van der Waals surface area contributed by atoms with Gasteiger partial charge in [0.2, 0.25) is 5.95 Å². The first kappa shape index (κ1) is 12.4. The molecule has 4 heteroatoms. The Morgan fingerprint density at radius 2 is 2.00 bits per heavy atom. The van der Waals surface area contributed by atoms with E-state index in [1.165, 1.54) is 0 Å². The van der Waals surface area contributed by atoms with Gasteiger partial charge in [0.1, 0.15) is 5.75 Å². The molecule has 2 aromatic rings. The molecule has 0 aliphatic rings. The Labute approximate surface area is 107 Å². The third-order valence-corrected chi connectivity index (χ3v) is 2.85. The van der Waals surface area contributed by atoms with Crippen LogP contribution in [0, 0.1) is 6.92 Å². The van der Waals surface area contributed by atoms with E-state index < -0.39 is 0 Å². The molecule has 0 atom stereocenters. The molecule has 1 aromatic carbocycles. The summed E-state index contributed by atoms with van der Waals surface area (Å²) in [6.07, 6.45) is 0.842. The van der Waals surface area contributed by atoms with Crippen LogP contribution >= 0.6 is 0 Å². The van der Waals surface area contributed by atoms with Crippen LogP contribution in [0.5, 0.6) is 5.75 Å². The second kappa shape index (κ2) is 5.04. The van der Waals surface area contributed by atoms with E-state index >= 15 is 0 Å². The topological polar surface area (TPSA) is 61.0 Å². The quantitative estimate of drug-likeness (QED) is 0.900. The summed E-state index contributed by atoms with van der Waals surface area (Å²) in [5.74, 6) is 1.19. The number of anilines is 1. The zero-order chi connectivity index (χ0) is 13.1. The number of nitrogens with zero attached hydrogens (tertiary/aromatic N) is 2. The summed E-state index contributed by atoms with van der Waals surface area (Å²) in [6.45, 7) is 4.05. The molecule has 0 amide bonds. The normalized spacial score (nSPS) is 10.4. The molecule has 4 nitrogen and oxygen atoms in total. The minimum Gasteiger partial charge on any atom is -0.496 e. The third kappa shape index (κ3) is 2.42. The number of hydrogen-bond acceptors (Lipinski definition) is 4. The highest BCUT2D eigenvalue weighted by Gasteiger charge is 2.06. The summed E-state index contributed by atoms with van der Waals surface area (Å²) in [5.41, 5.74) is 9.62. The van der Waals surface area contributed by atoms with Crippen LogP contribution in [0.4, 0.5) is 5.95 Å². The predicted octanol–water partition coefficient (Wildman–Crippen LogP) is 2.61. The van der Waals surface area contributed by atoms with E-state index in [1.807, 2.05) is 38.1 Å². The van der Waals surface area contributed by atoms with Crippen LogP contribution in [0.2, 0.25) is 0 Å². The zero-order valence-electron chi connectivity index (χ0n) is 10.9. The van der Waals surface area contributed by atoms with Crippen molar-refractivity contribution < 1.29 is 4.74 Å². The van der Waals surface area contributed by atoms with Gasteiger partial charge in [0.25, 0.3) is 0 Å². The number of methoxy groups -OCH3 is 1. The van der Waals surface area contributed by atoms with Crippen LogP contribution in [0.3, 0.4) is 0 Å². The second-order valence-corrected chi connectivity index (χ2v) is 4.14. The average Bonchev–Trinajstić information content (AvgIpc) is 2.37. The van der Waals surface area contributed by atoms with E-state index in [2.05, 4.69) is 9.97 Å². The van der Waals surface area contributed by atoms with Gasteiger partial charge in [-0.05, 0) is 43.2 Å². The summed E-state index contributed by atoms with van der Waals surface area (Å²) >= 11 is 0. The lowest BCUT2D eigenvalue weighted by Crippen LogP contribution is -2.00. The molecule has 0 bridgehead atoms. The molecule has 0 aliphatic carbocycles. The number of aromatic nitrogens is 2. The third-order valence-electron chi connectivity index (χ3n) is 2.85. The van der Waals surface area contributed by atoms with Gasteiger partial charge in [0, 0.05) is 11.3 Å². The molecule has 0 unspecified atom stereocenters. The number of benzene rings is 1. The molecule has 2 N–H and O–H groups in total. The summed E-state index contributed by atoms with van der Waals surface area (Å²) in [5, 5.41) is 0. The van der Waals surface area contributed by atoms with Crippen molar-refractivity contribution in [2.45, 2.75) is 20.3 Å². The Balaban J connectivity index is 2.48. The molecule has 0 radical (unpaired) electrons. The van der Waals surface area contributed by atoms with E-state index in [9.17, 15) is 0 Å². The first-order valence-electron chi connectivity index (χ1n) is 5.92. The molecule has 0 saturated carbocycles. The molecule has 1 aromatic heterocycles. The molecule has 2 rings (SSSR count). The Hall–Kier alpha value is -2.10. The lowest BCUT2D eigenvalue weighted by Gasteiger charge is -2.08.